The largest absolute Gasteiger partial charge is 0.496 e. The quantitative estimate of drug-likeness (QED) is 0.908. The molecule has 1 saturated carbocycles. The van der Waals surface area contributed by atoms with Crippen molar-refractivity contribution in [3.05, 3.63) is 29.3 Å². The van der Waals surface area contributed by atoms with E-state index in [1.807, 2.05) is 30.0 Å². The lowest BCUT2D eigenvalue weighted by Gasteiger charge is -2.42. The molecule has 126 valence electrons. The van der Waals surface area contributed by atoms with Crippen molar-refractivity contribution in [2.45, 2.75) is 39.0 Å². The smallest absolute Gasteiger partial charge is 0.257 e. The maximum atomic E-state index is 13.0. The van der Waals surface area contributed by atoms with E-state index in [1.54, 1.807) is 7.11 Å². The number of nitrogens with zero attached hydrogens (tertiary/aromatic N) is 1. The monoisotopic (exact) mass is 317 g/mol. The summed E-state index contributed by atoms with van der Waals surface area (Å²) in [6.07, 6.45) is 5.60. The second kappa shape index (κ2) is 6.52. The van der Waals surface area contributed by atoms with Crippen molar-refractivity contribution in [3.63, 3.8) is 0 Å². The van der Waals surface area contributed by atoms with Crippen molar-refractivity contribution >= 4 is 5.91 Å². The van der Waals surface area contributed by atoms with E-state index in [9.17, 15) is 9.90 Å². The minimum Gasteiger partial charge on any atom is -0.496 e. The maximum Gasteiger partial charge on any atom is 0.257 e. The lowest BCUT2D eigenvalue weighted by molar-refractivity contribution is 0.0194. The first kappa shape index (κ1) is 16.3. The Balaban J connectivity index is 1.80. The summed E-state index contributed by atoms with van der Waals surface area (Å²) in [5.41, 5.74) is 1.50. The van der Waals surface area contributed by atoms with Gasteiger partial charge in [0.1, 0.15) is 5.75 Å². The van der Waals surface area contributed by atoms with Crippen LogP contribution in [0.25, 0.3) is 0 Å². The molecule has 1 aliphatic carbocycles. The van der Waals surface area contributed by atoms with Crippen LogP contribution in [0.3, 0.4) is 0 Å². The zero-order valence-corrected chi connectivity index (χ0v) is 14.2. The molecule has 0 spiro atoms. The number of para-hydroxylation sites is 1. The molecular formula is C19H27NO3. The summed E-state index contributed by atoms with van der Waals surface area (Å²) in [7, 11) is 1.61. The van der Waals surface area contributed by atoms with Crippen LogP contribution >= 0.6 is 0 Å². The summed E-state index contributed by atoms with van der Waals surface area (Å²) >= 11 is 0. The Bertz CT molecular complexity index is 582. The standard InChI is InChI=1S/C19H27NO3/c1-14-5-3-6-16(17(14)23-2)18(22)20-10-4-9-19(12-20,13-21)11-15-7-8-15/h3,5-6,15,21H,4,7-13H2,1-2H3/t19-/m0/s1. The number of ether oxygens (including phenoxy) is 1. The van der Waals surface area contributed by atoms with Crippen molar-refractivity contribution in [1.82, 2.24) is 4.90 Å². The van der Waals surface area contributed by atoms with Gasteiger partial charge in [-0.05, 0) is 43.7 Å². The topological polar surface area (TPSA) is 49.8 Å². The van der Waals surface area contributed by atoms with Crippen molar-refractivity contribution in [1.29, 1.82) is 0 Å². The Morgan fingerprint density at radius 1 is 1.43 bits per heavy atom. The van der Waals surface area contributed by atoms with E-state index in [1.165, 1.54) is 12.8 Å². The molecule has 1 amide bonds. The van der Waals surface area contributed by atoms with Gasteiger partial charge in [0.15, 0.2) is 0 Å². The SMILES string of the molecule is COc1c(C)cccc1C(=O)N1CCC[C@](CO)(CC2CC2)C1. The highest BCUT2D eigenvalue weighted by molar-refractivity contribution is 5.97. The number of hydrogen-bond acceptors (Lipinski definition) is 3. The van der Waals surface area contributed by atoms with Crippen molar-refractivity contribution in [2.24, 2.45) is 11.3 Å². The molecule has 1 aromatic carbocycles. The second-order valence-corrected chi connectivity index (χ2v) is 7.29. The molecule has 1 N–H and O–H groups in total. The predicted molar refractivity (Wildman–Crippen MR) is 89.7 cm³/mol. The fraction of sp³-hybridized carbons (Fsp3) is 0.632. The number of piperidine rings is 1. The molecule has 0 aromatic heterocycles. The van der Waals surface area contributed by atoms with Crippen LogP contribution in [0.15, 0.2) is 18.2 Å². The number of aryl methyl sites for hydroxylation is 1. The number of aliphatic hydroxyl groups is 1. The minimum absolute atomic E-state index is 0.0267. The third-order valence-electron chi connectivity index (χ3n) is 5.35. The highest BCUT2D eigenvalue weighted by Crippen LogP contribution is 2.44. The van der Waals surface area contributed by atoms with E-state index in [0.29, 0.717) is 17.9 Å². The van der Waals surface area contributed by atoms with Gasteiger partial charge in [0.25, 0.3) is 5.91 Å². The van der Waals surface area contributed by atoms with E-state index in [0.717, 1.165) is 37.3 Å². The summed E-state index contributed by atoms with van der Waals surface area (Å²) in [4.78, 5) is 14.9. The molecule has 0 bridgehead atoms. The van der Waals surface area contributed by atoms with Gasteiger partial charge in [0, 0.05) is 18.5 Å². The van der Waals surface area contributed by atoms with Crippen molar-refractivity contribution in [2.75, 3.05) is 26.8 Å². The van der Waals surface area contributed by atoms with Crippen LogP contribution in [-0.4, -0.2) is 42.7 Å². The van der Waals surface area contributed by atoms with Gasteiger partial charge >= 0.3 is 0 Å². The number of hydrogen-bond donors (Lipinski definition) is 1. The third-order valence-corrected chi connectivity index (χ3v) is 5.35. The lowest BCUT2D eigenvalue weighted by atomic mass is 9.76. The van der Waals surface area contributed by atoms with Gasteiger partial charge in [-0.15, -0.1) is 0 Å². The molecule has 4 heteroatoms. The van der Waals surface area contributed by atoms with Crippen LogP contribution in [0.4, 0.5) is 0 Å². The maximum absolute atomic E-state index is 13.0. The number of amides is 1. The Hall–Kier alpha value is -1.55. The van der Waals surface area contributed by atoms with Crippen molar-refractivity contribution in [3.8, 4) is 5.75 Å². The molecule has 1 aliphatic heterocycles. The molecule has 3 rings (SSSR count). The summed E-state index contributed by atoms with van der Waals surface area (Å²) in [5, 5.41) is 9.97. The van der Waals surface area contributed by atoms with Gasteiger partial charge in [-0.2, -0.15) is 0 Å². The summed E-state index contributed by atoms with van der Waals surface area (Å²) in [5.74, 6) is 1.45. The number of rotatable bonds is 5. The normalized spacial score (nSPS) is 24.6. The van der Waals surface area contributed by atoms with Gasteiger partial charge in [0.2, 0.25) is 0 Å². The Kier molecular flexibility index (Phi) is 4.62. The van der Waals surface area contributed by atoms with Crippen LogP contribution in [0.5, 0.6) is 5.75 Å². The van der Waals surface area contributed by atoms with Crippen LogP contribution in [-0.2, 0) is 0 Å². The molecule has 0 unspecified atom stereocenters. The molecule has 1 atom stereocenters. The van der Waals surface area contributed by atoms with Gasteiger partial charge < -0.3 is 14.7 Å². The number of aliphatic hydroxyl groups excluding tert-OH is 1. The zero-order chi connectivity index (χ0) is 16.4. The second-order valence-electron chi connectivity index (χ2n) is 7.29. The Labute approximate surface area is 138 Å². The average Bonchev–Trinajstić information content (AvgIpc) is 3.38. The fourth-order valence-corrected chi connectivity index (χ4v) is 3.94. The number of likely N-dealkylation sites (tertiary alicyclic amines) is 1. The number of carbonyl (C=O) groups excluding carboxylic acids is 1. The fourth-order valence-electron chi connectivity index (χ4n) is 3.94. The first-order chi connectivity index (χ1) is 11.1. The summed E-state index contributed by atoms with van der Waals surface area (Å²) in [6.45, 7) is 3.56. The van der Waals surface area contributed by atoms with E-state index in [4.69, 9.17) is 4.74 Å². The van der Waals surface area contributed by atoms with Crippen LogP contribution in [0, 0.1) is 18.3 Å². The molecular weight excluding hydrogens is 290 g/mol. The molecule has 23 heavy (non-hydrogen) atoms. The molecule has 1 heterocycles. The zero-order valence-electron chi connectivity index (χ0n) is 14.2. The molecule has 1 saturated heterocycles. The first-order valence-electron chi connectivity index (χ1n) is 8.62. The highest BCUT2D eigenvalue weighted by atomic mass is 16.5. The molecule has 1 aromatic rings. The summed E-state index contributed by atoms with van der Waals surface area (Å²) < 4.78 is 5.44. The molecule has 2 fully saturated rings. The third kappa shape index (κ3) is 3.37. The van der Waals surface area contributed by atoms with Gasteiger partial charge in [-0.1, -0.05) is 25.0 Å². The van der Waals surface area contributed by atoms with E-state index in [2.05, 4.69) is 0 Å². The number of carbonyl (C=O) groups is 1. The van der Waals surface area contributed by atoms with Crippen LogP contribution < -0.4 is 4.74 Å². The minimum atomic E-state index is -0.105. The molecule has 4 nitrogen and oxygen atoms in total. The number of methoxy groups -OCH3 is 1. The van der Waals surface area contributed by atoms with Crippen molar-refractivity contribution < 1.29 is 14.6 Å². The lowest BCUT2D eigenvalue weighted by Crippen LogP contribution is -2.48. The van der Waals surface area contributed by atoms with Crippen LogP contribution in [0.2, 0.25) is 0 Å². The first-order valence-corrected chi connectivity index (χ1v) is 8.62. The average molecular weight is 317 g/mol. The predicted octanol–water partition coefficient (Wildman–Crippen LogP) is 3.02. The molecule has 2 aliphatic rings. The highest BCUT2D eigenvalue weighted by Gasteiger charge is 2.41. The van der Waals surface area contributed by atoms with E-state index >= 15 is 0 Å². The Morgan fingerprint density at radius 2 is 2.22 bits per heavy atom. The van der Waals surface area contributed by atoms with Crippen LogP contribution in [0.1, 0.15) is 48.0 Å². The van der Waals surface area contributed by atoms with E-state index in [-0.39, 0.29) is 17.9 Å². The number of benzene rings is 1. The summed E-state index contributed by atoms with van der Waals surface area (Å²) in [6, 6.07) is 5.69. The van der Waals surface area contributed by atoms with Gasteiger partial charge in [-0.3, -0.25) is 4.79 Å². The van der Waals surface area contributed by atoms with Gasteiger partial charge in [-0.25, -0.2) is 0 Å². The van der Waals surface area contributed by atoms with Gasteiger partial charge in [0.05, 0.1) is 19.3 Å². The Morgan fingerprint density at radius 3 is 2.87 bits per heavy atom. The van der Waals surface area contributed by atoms with E-state index < -0.39 is 0 Å². The molecule has 0 radical (unpaired) electrons.